The normalized spacial score (nSPS) is 15.0. The predicted molar refractivity (Wildman–Crippen MR) is 92.3 cm³/mol. The third kappa shape index (κ3) is 3.18. The van der Waals surface area contributed by atoms with Gasteiger partial charge in [-0.05, 0) is 31.0 Å². The molecule has 1 aliphatic carbocycles. The summed E-state index contributed by atoms with van der Waals surface area (Å²) in [7, 11) is 0. The Morgan fingerprint density at radius 1 is 1.19 bits per heavy atom. The molecule has 8 heteroatoms. The van der Waals surface area contributed by atoms with Crippen LogP contribution in [0.1, 0.15) is 30.5 Å². The first kappa shape index (κ1) is 17.3. The number of rotatable bonds is 5. The second kappa shape index (κ2) is 6.53. The largest absolute Gasteiger partial charge is 0.308 e. The van der Waals surface area contributed by atoms with Crippen LogP contribution in [0.4, 0.5) is 19.0 Å². The number of halogens is 3. The lowest BCUT2D eigenvalue weighted by Crippen LogP contribution is -2.29. The Bertz CT molecular complexity index is 998. The predicted octanol–water partition coefficient (Wildman–Crippen LogP) is 4.01. The summed E-state index contributed by atoms with van der Waals surface area (Å²) < 4.78 is 41.0. The number of hydrogen-bond donors (Lipinski definition) is 1. The van der Waals surface area contributed by atoms with Crippen LogP contribution in [0.2, 0.25) is 0 Å². The molecule has 0 bridgehead atoms. The molecule has 1 amide bonds. The summed E-state index contributed by atoms with van der Waals surface area (Å²) >= 11 is 0. The number of carbonyl (C=O) groups is 1. The number of amides is 1. The van der Waals surface area contributed by atoms with Gasteiger partial charge >= 0.3 is 0 Å². The Hall–Kier alpha value is -3.16. The molecule has 138 valence electrons. The number of nitrogens with zero attached hydrogens (tertiary/aromatic N) is 3. The van der Waals surface area contributed by atoms with E-state index >= 15 is 0 Å². The number of nitrogens with one attached hydrogen (secondary N) is 1. The summed E-state index contributed by atoms with van der Waals surface area (Å²) in [6, 6.07) is 10.5. The number of carbonyl (C=O) groups excluding carboxylic acids is 1. The minimum absolute atomic E-state index is 0.262. The molecule has 0 radical (unpaired) electrons. The third-order valence-corrected chi connectivity index (χ3v) is 4.66. The van der Waals surface area contributed by atoms with Crippen molar-refractivity contribution in [1.82, 2.24) is 14.8 Å². The number of benzene rings is 1. The van der Waals surface area contributed by atoms with Crippen LogP contribution in [0.3, 0.4) is 0 Å². The highest BCUT2D eigenvalue weighted by Crippen LogP contribution is 2.49. The fraction of sp³-hybridized carbons (Fsp3) is 0.211. The van der Waals surface area contributed by atoms with Crippen LogP contribution in [0.25, 0.3) is 5.69 Å². The van der Waals surface area contributed by atoms with Crippen LogP contribution in [0.5, 0.6) is 0 Å². The monoisotopic (exact) mass is 372 g/mol. The van der Waals surface area contributed by atoms with Gasteiger partial charge in [-0.3, -0.25) is 9.78 Å². The van der Waals surface area contributed by atoms with Gasteiger partial charge in [-0.15, -0.1) is 0 Å². The number of alkyl halides is 2. The van der Waals surface area contributed by atoms with E-state index in [-0.39, 0.29) is 17.4 Å². The summed E-state index contributed by atoms with van der Waals surface area (Å²) in [5.74, 6) is -0.481. The lowest BCUT2D eigenvalue weighted by atomic mass is 9.94. The second-order valence-electron chi connectivity index (χ2n) is 6.40. The number of aromatic nitrogens is 3. The van der Waals surface area contributed by atoms with Gasteiger partial charge in [-0.2, -0.15) is 5.10 Å². The van der Waals surface area contributed by atoms with Gasteiger partial charge in [-0.1, -0.05) is 18.2 Å². The van der Waals surface area contributed by atoms with Gasteiger partial charge < -0.3 is 5.32 Å². The Kier molecular flexibility index (Phi) is 4.18. The molecular formula is C19H15F3N4O. The lowest BCUT2D eigenvalue weighted by molar-refractivity contribution is -0.118. The third-order valence-electron chi connectivity index (χ3n) is 4.66. The van der Waals surface area contributed by atoms with Gasteiger partial charge in [0.1, 0.15) is 11.5 Å². The van der Waals surface area contributed by atoms with Gasteiger partial charge in [0, 0.05) is 24.0 Å². The minimum atomic E-state index is -2.69. The van der Waals surface area contributed by atoms with E-state index < -0.39 is 17.7 Å². The van der Waals surface area contributed by atoms with Crippen molar-refractivity contribution in [1.29, 1.82) is 0 Å². The average Bonchev–Trinajstić information content (AvgIpc) is 3.35. The van der Waals surface area contributed by atoms with E-state index in [1.165, 1.54) is 29.1 Å². The van der Waals surface area contributed by atoms with E-state index in [0.717, 1.165) is 0 Å². The number of pyridine rings is 1. The van der Waals surface area contributed by atoms with Crippen molar-refractivity contribution < 1.29 is 18.0 Å². The fourth-order valence-corrected chi connectivity index (χ4v) is 3.06. The van der Waals surface area contributed by atoms with Gasteiger partial charge in [0.2, 0.25) is 5.91 Å². The molecule has 0 unspecified atom stereocenters. The van der Waals surface area contributed by atoms with Crippen molar-refractivity contribution in [2.24, 2.45) is 0 Å². The molecule has 0 spiro atoms. The van der Waals surface area contributed by atoms with Crippen molar-refractivity contribution in [2.45, 2.75) is 24.7 Å². The van der Waals surface area contributed by atoms with Gasteiger partial charge in [0.15, 0.2) is 5.82 Å². The average molecular weight is 372 g/mol. The minimum Gasteiger partial charge on any atom is -0.308 e. The molecule has 0 aliphatic heterocycles. The highest BCUT2D eigenvalue weighted by atomic mass is 19.3. The molecule has 3 aromatic rings. The van der Waals surface area contributed by atoms with Gasteiger partial charge in [0.25, 0.3) is 6.43 Å². The van der Waals surface area contributed by atoms with Gasteiger partial charge in [-0.25, -0.2) is 17.9 Å². The van der Waals surface area contributed by atoms with Crippen molar-refractivity contribution in [3.8, 4) is 5.69 Å². The van der Waals surface area contributed by atoms with E-state index in [1.807, 2.05) is 0 Å². The zero-order valence-corrected chi connectivity index (χ0v) is 14.1. The molecule has 0 atom stereocenters. The first-order valence-electron chi connectivity index (χ1n) is 8.36. The summed E-state index contributed by atoms with van der Waals surface area (Å²) in [5.41, 5.74) is -0.465. The molecule has 27 heavy (non-hydrogen) atoms. The Balaban J connectivity index is 1.54. The first-order valence-corrected chi connectivity index (χ1v) is 8.36. The van der Waals surface area contributed by atoms with Crippen LogP contribution in [-0.2, 0) is 10.2 Å². The molecule has 1 saturated carbocycles. The Morgan fingerprint density at radius 2 is 1.96 bits per heavy atom. The second-order valence-corrected chi connectivity index (χ2v) is 6.40. The van der Waals surface area contributed by atoms with Crippen LogP contribution in [0.15, 0.2) is 54.9 Å². The topological polar surface area (TPSA) is 59.8 Å². The van der Waals surface area contributed by atoms with Crippen LogP contribution in [0, 0.1) is 5.82 Å². The maximum Gasteiger partial charge on any atom is 0.280 e. The SMILES string of the molecule is O=C(Nc1ccn(-c2ccnc(C(F)F)c2)n1)C1(c2ccccc2F)CC1. The van der Waals surface area contributed by atoms with Gasteiger partial charge in [0.05, 0.1) is 11.1 Å². The van der Waals surface area contributed by atoms with E-state index in [4.69, 9.17) is 0 Å². The van der Waals surface area contributed by atoms with E-state index in [9.17, 15) is 18.0 Å². The molecule has 4 rings (SSSR count). The van der Waals surface area contributed by atoms with Crippen LogP contribution in [-0.4, -0.2) is 20.7 Å². The summed E-state index contributed by atoms with van der Waals surface area (Å²) in [4.78, 5) is 16.3. The Labute approximate surface area is 152 Å². The zero-order valence-electron chi connectivity index (χ0n) is 14.1. The van der Waals surface area contributed by atoms with Crippen LogP contribution >= 0.6 is 0 Å². The van der Waals surface area contributed by atoms with Crippen LogP contribution < -0.4 is 5.32 Å². The molecule has 0 saturated heterocycles. The molecule has 1 fully saturated rings. The molecule has 1 N–H and O–H groups in total. The van der Waals surface area contributed by atoms with E-state index in [2.05, 4.69) is 15.4 Å². The maximum atomic E-state index is 14.1. The smallest absolute Gasteiger partial charge is 0.280 e. The summed E-state index contributed by atoms with van der Waals surface area (Å²) in [5, 5.41) is 6.89. The van der Waals surface area contributed by atoms with Crippen molar-refractivity contribution in [2.75, 3.05) is 5.32 Å². The standard InChI is InChI=1S/C19H15F3N4O/c20-14-4-2-1-3-13(14)19(7-8-19)18(27)24-16-6-10-26(25-16)12-5-9-23-15(11-12)17(21)22/h1-6,9-11,17H,7-8H2,(H,24,25,27). The molecule has 1 aliphatic rings. The zero-order chi connectivity index (χ0) is 19.0. The summed E-state index contributed by atoms with van der Waals surface area (Å²) in [6.45, 7) is 0. The highest BCUT2D eigenvalue weighted by Gasteiger charge is 2.52. The Morgan fingerprint density at radius 3 is 2.67 bits per heavy atom. The number of anilines is 1. The summed E-state index contributed by atoms with van der Waals surface area (Å²) in [6.07, 6.45) is 1.25. The van der Waals surface area contributed by atoms with Crippen molar-refractivity contribution >= 4 is 11.7 Å². The first-order chi connectivity index (χ1) is 13.0. The number of hydrogen-bond acceptors (Lipinski definition) is 3. The molecule has 2 heterocycles. The van der Waals surface area contributed by atoms with Crippen molar-refractivity contribution in [3.63, 3.8) is 0 Å². The highest BCUT2D eigenvalue weighted by molar-refractivity contribution is 6.00. The molecular weight excluding hydrogens is 357 g/mol. The lowest BCUT2D eigenvalue weighted by Gasteiger charge is -2.15. The van der Waals surface area contributed by atoms with E-state index in [1.54, 1.807) is 30.5 Å². The fourth-order valence-electron chi connectivity index (χ4n) is 3.06. The van der Waals surface area contributed by atoms with Crippen molar-refractivity contribution in [3.05, 3.63) is 71.9 Å². The molecule has 2 aromatic heterocycles. The van der Waals surface area contributed by atoms with E-state index in [0.29, 0.717) is 24.1 Å². The molecule has 1 aromatic carbocycles. The molecule has 5 nitrogen and oxygen atoms in total. The quantitative estimate of drug-likeness (QED) is 0.736. The maximum absolute atomic E-state index is 14.1.